The van der Waals surface area contributed by atoms with Crippen LogP contribution >= 0.6 is 0 Å². The number of likely N-dealkylation sites (tertiary alicyclic amines) is 1. The van der Waals surface area contributed by atoms with Crippen LogP contribution in [-0.2, 0) is 6.54 Å². The van der Waals surface area contributed by atoms with E-state index in [0.29, 0.717) is 11.6 Å². The van der Waals surface area contributed by atoms with Gasteiger partial charge in [-0.2, -0.15) is 0 Å². The van der Waals surface area contributed by atoms with E-state index in [1.807, 2.05) is 6.07 Å². The minimum Gasteiger partial charge on any atom is -0.364 e. The molecule has 2 N–H and O–H groups in total. The van der Waals surface area contributed by atoms with Crippen LogP contribution in [0.4, 0.5) is 0 Å². The molecule has 2 atom stereocenters. The third-order valence-electron chi connectivity index (χ3n) is 4.50. The number of rotatable bonds is 4. The van der Waals surface area contributed by atoms with Crippen molar-refractivity contribution in [2.45, 2.75) is 45.6 Å². The number of nitrogens with two attached hydrogens (primary N) is 1. The standard InChI is InChI=1S/C17H25N3O/c1-11-5-12(2)9-20(8-11)10-13-6-15(14-3-4-14)19-16(7-13)17(18)21/h6-7,11-12,14H,3-5,8-10H2,1-2H3,(H2,18,21)/t11-,12+. The first-order chi connectivity index (χ1) is 10.0. The van der Waals surface area contributed by atoms with Crippen molar-refractivity contribution in [3.8, 4) is 0 Å². The summed E-state index contributed by atoms with van der Waals surface area (Å²) in [6, 6.07) is 4.05. The van der Waals surface area contributed by atoms with Gasteiger partial charge in [-0.3, -0.25) is 9.69 Å². The van der Waals surface area contributed by atoms with Gasteiger partial charge in [-0.25, -0.2) is 4.98 Å². The van der Waals surface area contributed by atoms with Crippen LogP contribution in [0.1, 0.15) is 60.8 Å². The molecule has 1 saturated carbocycles. The zero-order chi connectivity index (χ0) is 15.0. The van der Waals surface area contributed by atoms with E-state index in [9.17, 15) is 4.79 Å². The molecule has 4 nitrogen and oxygen atoms in total. The van der Waals surface area contributed by atoms with Crippen molar-refractivity contribution in [2.75, 3.05) is 13.1 Å². The van der Waals surface area contributed by atoms with Crippen LogP contribution in [-0.4, -0.2) is 28.9 Å². The third kappa shape index (κ3) is 3.62. The Morgan fingerprint density at radius 2 is 1.95 bits per heavy atom. The van der Waals surface area contributed by atoms with Crippen molar-refractivity contribution in [1.82, 2.24) is 9.88 Å². The van der Waals surface area contributed by atoms with Gasteiger partial charge in [0.15, 0.2) is 0 Å². The number of primary amides is 1. The molecule has 0 unspecified atom stereocenters. The maximum Gasteiger partial charge on any atom is 0.267 e. The number of aromatic nitrogens is 1. The van der Waals surface area contributed by atoms with E-state index < -0.39 is 5.91 Å². The Morgan fingerprint density at radius 3 is 2.52 bits per heavy atom. The highest BCUT2D eigenvalue weighted by atomic mass is 16.1. The quantitative estimate of drug-likeness (QED) is 0.925. The number of amides is 1. The lowest BCUT2D eigenvalue weighted by molar-refractivity contribution is 0.0994. The van der Waals surface area contributed by atoms with E-state index >= 15 is 0 Å². The number of carbonyl (C=O) groups is 1. The van der Waals surface area contributed by atoms with Gasteiger partial charge in [-0.1, -0.05) is 13.8 Å². The molecule has 1 aromatic heterocycles. The second-order valence-corrected chi connectivity index (χ2v) is 7.06. The van der Waals surface area contributed by atoms with Crippen molar-refractivity contribution >= 4 is 5.91 Å². The minimum atomic E-state index is -0.417. The molecule has 0 bridgehead atoms. The molecule has 1 aromatic rings. The van der Waals surface area contributed by atoms with Crippen LogP contribution in [0.3, 0.4) is 0 Å². The van der Waals surface area contributed by atoms with Gasteiger partial charge >= 0.3 is 0 Å². The largest absolute Gasteiger partial charge is 0.364 e. The molecule has 0 spiro atoms. The Hall–Kier alpha value is -1.42. The predicted octanol–water partition coefficient (Wildman–Crippen LogP) is 2.54. The van der Waals surface area contributed by atoms with E-state index in [1.54, 1.807) is 0 Å². The molecule has 1 saturated heterocycles. The summed E-state index contributed by atoms with van der Waals surface area (Å²) in [5.41, 5.74) is 8.10. The van der Waals surface area contributed by atoms with Crippen molar-refractivity contribution in [3.63, 3.8) is 0 Å². The summed E-state index contributed by atoms with van der Waals surface area (Å²) >= 11 is 0. The summed E-state index contributed by atoms with van der Waals surface area (Å²) in [6.45, 7) is 7.81. The lowest BCUT2D eigenvalue weighted by atomic mass is 9.91. The van der Waals surface area contributed by atoms with Crippen LogP contribution in [0.5, 0.6) is 0 Å². The molecular formula is C17H25N3O. The zero-order valence-electron chi connectivity index (χ0n) is 13.0. The molecule has 3 rings (SSSR count). The van der Waals surface area contributed by atoms with Gasteiger partial charge in [0.25, 0.3) is 5.91 Å². The van der Waals surface area contributed by atoms with E-state index in [2.05, 4.69) is 29.8 Å². The van der Waals surface area contributed by atoms with Crippen LogP contribution in [0.2, 0.25) is 0 Å². The fourth-order valence-corrected chi connectivity index (χ4v) is 3.60. The van der Waals surface area contributed by atoms with Crippen LogP contribution in [0.15, 0.2) is 12.1 Å². The summed E-state index contributed by atoms with van der Waals surface area (Å²) in [6.07, 6.45) is 3.69. The first-order valence-corrected chi connectivity index (χ1v) is 8.04. The highest BCUT2D eigenvalue weighted by Crippen LogP contribution is 2.39. The van der Waals surface area contributed by atoms with Crippen LogP contribution in [0, 0.1) is 11.8 Å². The van der Waals surface area contributed by atoms with Gasteiger partial charge in [0, 0.05) is 31.2 Å². The lowest BCUT2D eigenvalue weighted by Crippen LogP contribution is -2.38. The Labute approximate surface area is 126 Å². The summed E-state index contributed by atoms with van der Waals surface area (Å²) in [5.74, 6) is 1.62. The Bertz CT molecular complexity index is 529. The second kappa shape index (κ2) is 5.76. The van der Waals surface area contributed by atoms with Crippen molar-refractivity contribution in [2.24, 2.45) is 17.6 Å². The SMILES string of the molecule is C[C@@H]1C[C@H](C)CN(Cc2cc(C(N)=O)nc(C3CC3)c2)C1. The molecule has 0 radical (unpaired) electrons. The molecule has 1 aliphatic heterocycles. The van der Waals surface area contributed by atoms with Gasteiger partial charge in [0.2, 0.25) is 0 Å². The molecule has 0 aromatic carbocycles. The molecule has 1 amide bonds. The third-order valence-corrected chi connectivity index (χ3v) is 4.50. The fourth-order valence-electron chi connectivity index (χ4n) is 3.60. The molecule has 2 fully saturated rings. The average molecular weight is 287 g/mol. The number of nitrogens with zero attached hydrogens (tertiary/aromatic N) is 2. The van der Waals surface area contributed by atoms with Crippen LogP contribution in [0.25, 0.3) is 0 Å². The fraction of sp³-hybridized carbons (Fsp3) is 0.647. The summed E-state index contributed by atoms with van der Waals surface area (Å²) in [5, 5.41) is 0. The molecule has 114 valence electrons. The van der Waals surface area contributed by atoms with Gasteiger partial charge < -0.3 is 5.73 Å². The zero-order valence-corrected chi connectivity index (χ0v) is 13.0. The highest BCUT2D eigenvalue weighted by Gasteiger charge is 2.27. The Morgan fingerprint density at radius 1 is 1.29 bits per heavy atom. The number of pyridine rings is 1. The number of piperidine rings is 1. The number of hydrogen-bond acceptors (Lipinski definition) is 3. The summed E-state index contributed by atoms with van der Waals surface area (Å²) in [7, 11) is 0. The Balaban J connectivity index is 1.79. The summed E-state index contributed by atoms with van der Waals surface area (Å²) in [4.78, 5) is 18.4. The van der Waals surface area contributed by atoms with Gasteiger partial charge in [-0.05, 0) is 48.8 Å². The summed E-state index contributed by atoms with van der Waals surface area (Å²) < 4.78 is 0. The highest BCUT2D eigenvalue weighted by molar-refractivity contribution is 5.91. The van der Waals surface area contributed by atoms with E-state index in [-0.39, 0.29) is 0 Å². The smallest absolute Gasteiger partial charge is 0.267 e. The Kier molecular flexibility index (Phi) is 3.98. The normalized spacial score (nSPS) is 26.8. The van der Waals surface area contributed by atoms with Crippen molar-refractivity contribution < 1.29 is 4.79 Å². The van der Waals surface area contributed by atoms with Crippen molar-refractivity contribution in [1.29, 1.82) is 0 Å². The van der Waals surface area contributed by atoms with E-state index in [0.717, 1.165) is 37.2 Å². The number of hydrogen-bond donors (Lipinski definition) is 1. The van der Waals surface area contributed by atoms with Gasteiger partial charge in [0.05, 0.1) is 0 Å². The maximum absolute atomic E-state index is 11.5. The molecule has 1 aliphatic carbocycles. The molecule has 4 heteroatoms. The van der Waals surface area contributed by atoms with Crippen LogP contribution < -0.4 is 5.73 Å². The monoisotopic (exact) mass is 287 g/mol. The maximum atomic E-state index is 11.5. The predicted molar refractivity (Wildman–Crippen MR) is 83.0 cm³/mol. The second-order valence-electron chi connectivity index (χ2n) is 7.06. The molecule has 2 heterocycles. The van der Waals surface area contributed by atoms with Gasteiger partial charge in [0.1, 0.15) is 5.69 Å². The van der Waals surface area contributed by atoms with E-state index in [1.165, 1.54) is 24.8 Å². The van der Waals surface area contributed by atoms with E-state index in [4.69, 9.17) is 5.73 Å². The first-order valence-electron chi connectivity index (χ1n) is 8.04. The molecule has 2 aliphatic rings. The average Bonchev–Trinajstić information content (AvgIpc) is 3.21. The van der Waals surface area contributed by atoms with Gasteiger partial charge in [-0.15, -0.1) is 0 Å². The first kappa shape index (κ1) is 14.5. The number of carbonyl (C=O) groups excluding carboxylic acids is 1. The molecular weight excluding hydrogens is 262 g/mol. The lowest BCUT2D eigenvalue weighted by Gasteiger charge is -2.35. The minimum absolute atomic E-state index is 0.417. The molecule has 21 heavy (non-hydrogen) atoms. The topological polar surface area (TPSA) is 59.2 Å². The van der Waals surface area contributed by atoms with Crippen molar-refractivity contribution in [3.05, 3.63) is 29.1 Å².